The number of benzene rings is 1. The summed E-state index contributed by atoms with van der Waals surface area (Å²) < 4.78 is 30.4. The van der Waals surface area contributed by atoms with Crippen LogP contribution in [0.25, 0.3) is 5.65 Å². The van der Waals surface area contributed by atoms with E-state index in [-0.39, 0.29) is 15.8 Å². The molecule has 8 nitrogen and oxygen atoms in total. The summed E-state index contributed by atoms with van der Waals surface area (Å²) in [5.41, 5.74) is 2.65. The van der Waals surface area contributed by atoms with Crippen molar-refractivity contribution in [3.8, 4) is 0 Å². The Hall–Kier alpha value is -2.24. The van der Waals surface area contributed by atoms with Gasteiger partial charge in [0, 0.05) is 54.7 Å². The fraction of sp³-hybridized carbons (Fsp3) is 0.261. The number of sulfonamides is 1. The minimum atomic E-state index is -3.71. The molecule has 4 aromatic rings. The van der Waals surface area contributed by atoms with Crippen LogP contribution in [-0.2, 0) is 16.6 Å². The number of nitrogens with one attached hydrogen (secondary N) is 1. The van der Waals surface area contributed by atoms with Gasteiger partial charge in [0.15, 0.2) is 5.65 Å². The fourth-order valence-corrected chi connectivity index (χ4v) is 6.76. The Morgan fingerprint density at radius 2 is 1.91 bits per heavy atom. The number of piperidine rings is 1. The molecule has 1 aliphatic heterocycles. The zero-order valence-corrected chi connectivity index (χ0v) is 22.3. The quantitative estimate of drug-likeness (QED) is 0.322. The van der Waals surface area contributed by atoms with E-state index in [1.807, 2.05) is 24.4 Å². The number of fused-ring (bicyclic) bond motifs is 1. The van der Waals surface area contributed by atoms with Crippen LogP contribution in [0.15, 0.2) is 64.4 Å². The lowest BCUT2D eigenvalue weighted by Gasteiger charge is -2.31. The number of nitrogens with zero attached hydrogens (tertiary/aromatic N) is 5. The van der Waals surface area contributed by atoms with Gasteiger partial charge in [0.1, 0.15) is 10.7 Å². The van der Waals surface area contributed by atoms with Gasteiger partial charge in [-0.1, -0.05) is 29.3 Å². The van der Waals surface area contributed by atoms with Gasteiger partial charge in [0.05, 0.1) is 15.7 Å². The first-order valence-electron chi connectivity index (χ1n) is 10.9. The molecule has 0 aliphatic carbocycles. The van der Waals surface area contributed by atoms with Crippen molar-refractivity contribution in [2.45, 2.75) is 30.2 Å². The van der Waals surface area contributed by atoms with Gasteiger partial charge in [-0.3, -0.25) is 4.98 Å². The first kappa shape index (κ1) is 24.5. The van der Waals surface area contributed by atoms with Gasteiger partial charge in [-0.05, 0) is 58.6 Å². The van der Waals surface area contributed by atoms with E-state index in [9.17, 15) is 8.42 Å². The van der Waals surface area contributed by atoms with Crippen molar-refractivity contribution in [2.24, 2.45) is 0 Å². The van der Waals surface area contributed by atoms with E-state index in [0.29, 0.717) is 43.1 Å². The van der Waals surface area contributed by atoms with Gasteiger partial charge in [-0.2, -0.15) is 13.9 Å². The summed E-state index contributed by atoms with van der Waals surface area (Å²) in [4.78, 5) is 9.08. The molecule has 1 saturated heterocycles. The molecule has 5 rings (SSSR count). The second kappa shape index (κ2) is 10.0. The van der Waals surface area contributed by atoms with Crippen molar-refractivity contribution in [1.29, 1.82) is 0 Å². The van der Waals surface area contributed by atoms with Gasteiger partial charge >= 0.3 is 0 Å². The van der Waals surface area contributed by atoms with Crippen LogP contribution in [0.3, 0.4) is 0 Å². The Balaban J connectivity index is 1.36. The predicted molar refractivity (Wildman–Crippen MR) is 139 cm³/mol. The molecule has 0 spiro atoms. The fourth-order valence-electron chi connectivity index (χ4n) is 4.20. The molecule has 0 saturated carbocycles. The number of rotatable bonds is 6. The molecule has 1 aromatic carbocycles. The molecule has 4 heterocycles. The summed E-state index contributed by atoms with van der Waals surface area (Å²) in [6.07, 6.45) is 6.55. The lowest BCUT2D eigenvalue weighted by Crippen LogP contribution is -2.38. The van der Waals surface area contributed by atoms with Crippen LogP contribution >= 0.6 is 39.1 Å². The lowest BCUT2D eigenvalue weighted by molar-refractivity contribution is 0.317. The Kier molecular flexibility index (Phi) is 7.00. The summed E-state index contributed by atoms with van der Waals surface area (Å²) in [7, 11) is -3.71. The van der Waals surface area contributed by atoms with Crippen molar-refractivity contribution < 1.29 is 8.42 Å². The Morgan fingerprint density at radius 3 is 2.63 bits per heavy atom. The number of pyridine rings is 1. The van der Waals surface area contributed by atoms with Crippen molar-refractivity contribution in [1.82, 2.24) is 23.9 Å². The average molecular weight is 596 g/mol. The average Bonchev–Trinajstić information content (AvgIpc) is 3.24. The smallest absolute Gasteiger partial charge is 0.244 e. The molecule has 35 heavy (non-hydrogen) atoms. The molecule has 0 unspecified atom stereocenters. The maximum absolute atomic E-state index is 13.2. The summed E-state index contributed by atoms with van der Waals surface area (Å²) in [6, 6.07) is 10.3. The maximum Gasteiger partial charge on any atom is 0.244 e. The number of halogens is 3. The second-order valence-electron chi connectivity index (χ2n) is 8.26. The highest BCUT2D eigenvalue weighted by atomic mass is 79.9. The van der Waals surface area contributed by atoms with Crippen LogP contribution < -0.4 is 5.32 Å². The standard InChI is InChI=1S/C23H21BrCl2N6O2S/c24-18-14-29-32-22(28-13-15-2-1-7-27-12-15)11-20(30-23(18)32)16-5-8-31(9-6-16)35(33,34)21-4-3-17(25)10-19(21)26/h1-4,7,10-12,14,16,28H,5-6,8-9,13H2. The van der Waals surface area contributed by atoms with E-state index in [0.717, 1.165) is 21.5 Å². The topological polar surface area (TPSA) is 92.5 Å². The number of hydrogen-bond donors (Lipinski definition) is 1. The van der Waals surface area contributed by atoms with Gasteiger partial charge in [0.2, 0.25) is 10.0 Å². The van der Waals surface area contributed by atoms with E-state index in [1.54, 1.807) is 16.9 Å². The van der Waals surface area contributed by atoms with E-state index in [1.165, 1.54) is 22.5 Å². The van der Waals surface area contributed by atoms with Crippen LogP contribution in [0.2, 0.25) is 10.0 Å². The van der Waals surface area contributed by atoms with Gasteiger partial charge in [-0.15, -0.1) is 0 Å². The highest BCUT2D eigenvalue weighted by Crippen LogP contribution is 2.34. The molecule has 0 radical (unpaired) electrons. The highest BCUT2D eigenvalue weighted by Gasteiger charge is 2.32. The third-order valence-corrected chi connectivity index (χ3v) is 9.20. The zero-order valence-electron chi connectivity index (χ0n) is 18.4. The maximum atomic E-state index is 13.2. The highest BCUT2D eigenvalue weighted by molar-refractivity contribution is 9.10. The molecular formula is C23H21BrCl2N6O2S. The monoisotopic (exact) mass is 594 g/mol. The SMILES string of the molecule is O=S(=O)(c1ccc(Cl)cc1Cl)N1CCC(c2cc(NCc3cccnc3)n3ncc(Br)c3n2)CC1. The Labute approximate surface area is 221 Å². The first-order chi connectivity index (χ1) is 16.8. The zero-order chi connectivity index (χ0) is 24.6. The molecule has 0 atom stereocenters. The van der Waals surface area contributed by atoms with Crippen molar-refractivity contribution in [2.75, 3.05) is 18.4 Å². The van der Waals surface area contributed by atoms with Gasteiger partial charge in [-0.25, -0.2) is 13.4 Å². The van der Waals surface area contributed by atoms with Crippen LogP contribution in [0, 0.1) is 0 Å². The van der Waals surface area contributed by atoms with E-state index in [4.69, 9.17) is 28.2 Å². The van der Waals surface area contributed by atoms with E-state index >= 15 is 0 Å². The molecule has 3 aromatic heterocycles. The first-order valence-corrected chi connectivity index (χ1v) is 13.9. The summed E-state index contributed by atoms with van der Waals surface area (Å²) in [5, 5.41) is 8.38. The van der Waals surface area contributed by atoms with Crippen LogP contribution in [0.5, 0.6) is 0 Å². The van der Waals surface area contributed by atoms with E-state index < -0.39 is 10.0 Å². The summed E-state index contributed by atoms with van der Waals surface area (Å²) in [6.45, 7) is 1.33. The normalized spacial score (nSPS) is 15.5. The van der Waals surface area contributed by atoms with Crippen molar-refractivity contribution in [3.63, 3.8) is 0 Å². The van der Waals surface area contributed by atoms with Crippen molar-refractivity contribution >= 4 is 60.6 Å². The summed E-state index contributed by atoms with van der Waals surface area (Å²) >= 11 is 15.7. The molecule has 1 aliphatic rings. The van der Waals surface area contributed by atoms with Gasteiger partial charge < -0.3 is 5.32 Å². The number of hydrogen-bond acceptors (Lipinski definition) is 6. The largest absolute Gasteiger partial charge is 0.366 e. The van der Waals surface area contributed by atoms with E-state index in [2.05, 4.69) is 31.3 Å². The Bertz CT molecular complexity index is 1470. The van der Waals surface area contributed by atoms with Crippen LogP contribution in [-0.4, -0.2) is 45.4 Å². The van der Waals surface area contributed by atoms with Crippen molar-refractivity contribution in [3.05, 3.63) is 80.8 Å². The molecule has 1 N–H and O–H groups in total. The third-order valence-electron chi connectivity index (χ3n) is 6.03. The Morgan fingerprint density at radius 1 is 1.11 bits per heavy atom. The molecule has 1 fully saturated rings. The molecular weight excluding hydrogens is 575 g/mol. The molecule has 12 heteroatoms. The van der Waals surface area contributed by atoms with Crippen LogP contribution in [0.1, 0.15) is 30.0 Å². The number of aromatic nitrogens is 4. The minimum absolute atomic E-state index is 0.0756. The minimum Gasteiger partial charge on any atom is -0.366 e. The molecule has 0 bridgehead atoms. The van der Waals surface area contributed by atoms with Gasteiger partial charge in [0.25, 0.3) is 0 Å². The van der Waals surface area contributed by atoms with Crippen LogP contribution in [0.4, 0.5) is 5.82 Å². The predicted octanol–water partition coefficient (Wildman–Crippen LogP) is 5.37. The third kappa shape index (κ3) is 5.03. The lowest BCUT2D eigenvalue weighted by atomic mass is 9.94. The summed E-state index contributed by atoms with van der Waals surface area (Å²) in [5.74, 6) is 0.912. The second-order valence-corrected chi connectivity index (χ2v) is 11.9. The molecule has 0 amide bonds. The number of anilines is 1. The molecule has 182 valence electrons.